The van der Waals surface area contributed by atoms with Crippen LogP contribution >= 0.6 is 24.0 Å². The molecule has 0 saturated carbocycles. The second-order valence-corrected chi connectivity index (χ2v) is 7.85. The van der Waals surface area contributed by atoms with Crippen molar-refractivity contribution in [1.29, 1.82) is 0 Å². The molecule has 0 saturated heterocycles. The Kier molecular flexibility index (Phi) is 7.93. The first-order valence-corrected chi connectivity index (χ1v) is 10.4. The summed E-state index contributed by atoms with van der Waals surface area (Å²) in [4.78, 5) is 11.3. The number of nitrogens with one attached hydrogen (secondary N) is 2. The molecule has 0 radical (unpaired) electrons. The van der Waals surface area contributed by atoms with Gasteiger partial charge in [-0.25, -0.2) is 9.67 Å². The number of fused-ring (bicyclic) bond motifs is 2. The molecule has 0 aliphatic carbocycles. The number of nitrogens with zero attached hydrogens (tertiary/aromatic N) is 5. The van der Waals surface area contributed by atoms with Gasteiger partial charge < -0.3 is 20.3 Å². The number of hydrogen-bond donors (Lipinski definition) is 2. The van der Waals surface area contributed by atoms with Crippen molar-refractivity contribution >= 4 is 35.6 Å². The van der Waals surface area contributed by atoms with Crippen LogP contribution in [-0.4, -0.2) is 54.5 Å². The maximum atomic E-state index is 5.14. The van der Waals surface area contributed by atoms with Crippen molar-refractivity contribution in [3.05, 3.63) is 41.0 Å². The molecule has 30 heavy (non-hydrogen) atoms. The molecule has 1 unspecified atom stereocenters. The zero-order valence-corrected chi connectivity index (χ0v) is 20.3. The third-order valence-corrected chi connectivity index (χ3v) is 5.69. The van der Waals surface area contributed by atoms with Gasteiger partial charge >= 0.3 is 0 Å². The molecule has 2 aliphatic rings. The Morgan fingerprint density at radius 2 is 2.20 bits per heavy atom. The second kappa shape index (κ2) is 10.4. The average molecular weight is 525 g/mol. The lowest BCUT2D eigenvalue weighted by molar-refractivity contribution is 0.177. The van der Waals surface area contributed by atoms with Crippen molar-refractivity contribution in [3.63, 3.8) is 0 Å². The summed E-state index contributed by atoms with van der Waals surface area (Å²) >= 11 is 0. The minimum Gasteiger partial charge on any atom is -0.377 e. The van der Waals surface area contributed by atoms with Gasteiger partial charge in [0.15, 0.2) is 11.8 Å². The number of ether oxygens (including phenoxy) is 1. The zero-order chi connectivity index (χ0) is 20.2. The molecule has 1 atom stereocenters. The molecule has 0 fully saturated rings. The number of aliphatic imine (C=N–C) groups is 1. The smallest absolute Gasteiger partial charge is 0.191 e. The van der Waals surface area contributed by atoms with E-state index in [9.17, 15) is 0 Å². The van der Waals surface area contributed by atoms with Crippen LogP contribution in [0.25, 0.3) is 0 Å². The largest absolute Gasteiger partial charge is 0.377 e. The molecule has 1 aromatic carbocycles. The monoisotopic (exact) mass is 525 g/mol. The first-order chi connectivity index (χ1) is 14.2. The van der Waals surface area contributed by atoms with E-state index in [1.54, 1.807) is 7.11 Å². The van der Waals surface area contributed by atoms with E-state index in [4.69, 9.17) is 4.74 Å². The summed E-state index contributed by atoms with van der Waals surface area (Å²) < 4.78 is 7.13. The lowest BCUT2D eigenvalue weighted by atomic mass is 9.99. The number of halogens is 1. The quantitative estimate of drug-likeness (QED) is 0.354. The van der Waals surface area contributed by atoms with Crippen LogP contribution in [0.4, 0.5) is 5.69 Å². The number of rotatable bonds is 5. The topological polar surface area (TPSA) is 79.6 Å². The summed E-state index contributed by atoms with van der Waals surface area (Å²) in [6, 6.07) is 7.06. The molecular formula is C21H32IN7O. The molecule has 9 heteroatoms. The van der Waals surface area contributed by atoms with Gasteiger partial charge in [0.1, 0.15) is 12.4 Å². The normalized spacial score (nSPS) is 18.3. The van der Waals surface area contributed by atoms with E-state index in [0.717, 1.165) is 56.5 Å². The van der Waals surface area contributed by atoms with Crippen LogP contribution in [0.3, 0.4) is 0 Å². The highest BCUT2D eigenvalue weighted by Crippen LogP contribution is 2.26. The van der Waals surface area contributed by atoms with E-state index in [-0.39, 0.29) is 30.0 Å². The third kappa shape index (κ3) is 5.23. The highest BCUT2D eigenvalue weighted by atomic mass is 127. The molecule has 8 nitrogen and oxygen atoms in total. The van der Waals surface area contributed by atoms with Crippen molar-refractivity contribution in [2.24, 2.45) is 4.99 Å². The Bertz CT molecular complexity index is 882. The summed E-state index contributed by atoms with van der Waals surface area (Å²) in [5.41, 5.74) is 4.09. The van der Waals surface area contributed by atoms with Crippen molar-refractivity contribution in [3.8, 4) is 0 Å². The number of hydrogen-bond acceptors (Lipinski definition) is 5. The first-order valence-electron chi connectivity index (χ1n) is 10.4. The molecule has 1 aromatic heterocycles. The van der Waals surface area contributed by atoms with Gasteiger partial charge in [-0.15, -0.1) is 24.0 Å². The van der Waals surface area contributed by atoms with Gasteiger partial charge in [0, 0.05) is 52.4 Å². The maximum absolute atomic E-state index is 5.14. The molecular weight excluding hydrogens is 493 g/mol. The molecule has 0 amide bonds. The summed E-state index contributed by atoms with van der Waals surface area (Å²) in [7, 11) is 5.66. The van der Waals surface area contributed by atoms with E-state index < -0.39 is 0 Å². The van der Waals surface area contributed by atoms with Gasteiger partial charge in [-0.1, -0.05) is 12.1 Å². The predicted octanol–water partition coefficient (Wildman–Crippen LogP) is 2.10. The average Bonchev–Trinajstić information content (AvgIpc) is 3.13. The van der Waals surface area contributed by atoms with Gasteiger partial charge in [0.25, 0.3) is 0 Å². The number of benzene rings is 1. The van der Waals surface area contributed by atoms with Crippen molar-refractivity contribution in [1.82, 2.24) is 25.4 Å². The summed E-state index contributed by atoms with van der Waals surface area (Å²) in [5.74, 6) is 2.62. The highest BCUT2D eigenvalue weighted by Gasteiger charge is 2.22. The molecule has 2 aliphatic heterocycles. The minimum absolute atomic E-state index is 0. The lowest BCUT2D eigenvalue weighted by Gasteiger charge is -2.28. The number of aryl methyl sites for hydroxylation is 2. The lowest BCUT2D eigenvalue weighted by Crippen LogP contribution is -2.46. The van der Waals surface area contributed by atoms with Crippen LogP contribution in [0.15, 0.2) is 23.2 Å². The maximum Gasteiger partial charge on any atom is 0.191 e. The first kappa shape index (κ1) is 22.8. The fraction of sp³-hybridized carbons (Fsp3) is 0.571. The number of aromatic nitrogens is 3. The SMILES string of the molecule is CN=C(NCc1ccc2c(c1)CCCN2C)NC1CCc2nc(COC)nn2C1.I. The second-order valence-electron chi connectivity index (χ2n) is 7.85. The predicted molar refractivity (Wildman–Crippen MR) is 130 cm³/mol. The summed E-state index contributed by atoms with van der Waals surface area (Å²) in [6.45, 7) is 3.15. The van der Waals surface area contributed by atoms with Crippen LogP contribution in [0.5, 0.6) is 0 Å². The van der Waals surface area contributed by atoms with Gasteiger partial charge in [-0.2, -0.15) is 5.10 Å². The molecule has 164 valence electrons. The molecule has 0 spiro atoms. The number of guanidine groups is 1. The van der Waals surface area contributed by atoms with Crippen LogP contribution in [-0.2, 0) is 37.3 Å². The fourth-order valence-corrected chi connectivity index (χ4v) is 4.19. The molecule has 0 bridgehead atoms. The minimum atomic E-state index is 0. The van der Waals surface area contributed by atoms with E-state index >= 15 is 0 Å². The molecule has 4 rings (SSSR count). The van der Waals surface area contributed by atoms with E-state index in [1.807, 2.05) is 11.7 Å². The Hall–Kier alpha value is -1.88. The Balaban J connectivity index is 0.00000256. The third-order valence-electron chi connectivity index (χ3n) is 5.69. The zero-order valence-electron chi connectivity index (χ0n) is 18.0. The number of anilines is 1. The summed E-state index contributed by atoms with van der Waals surface area (Å²) in [5, 5.41) is 11.5. The van der Waals surface area contributed by atoms with Gasteiger partial charge in [-0.3, -0.25) is 4.99 Å². The van der Waals surface area contributed by atoms with Gasteiger partial charge in [0.2, 0.25) is 0 Å². The number of methoxy groups -OCH3 is 1. The molecule has 2 N–H and O–H groups in total. The van der Waals surface area contributed by atoms with E-state index in [0.29, 0.717) is 6.61 Å². The Morgan fingerprint density at radius 3 is 3.00 bits per heavy atom. The Morgan fingerprint density at radius 1 is 1.33 bits per heavy atom. The van der Waals surface area contributed by atoms with Crippen molar-refractivity contribution in [2.45, 2.75) is 51.4 Å². The highest BCUT2D eigenvalue weighted by molar-refractivity contribution is 14.0. The van der Waals surface area contributed by atoms with E-state index in [2.05, 4.69) is 55.9 Å². The van der Waals surface area contributed by atoms with Crippen LogP contribution < -0.4 is 15.5 Å². The Labute approximate surface area is 195 Å². The standard InChI is InChI=1S/C21H31N7O.HI/c1-22-21(23-12-15-6-8-18-16(11-15)5-4-10-27(18)2)24-17-7-9-20-25-19(14-29-3)26-28(20)13-17;/h6,8,11,17H,4-5,7,9-10,12-14H2,1-3H3,(H2,22,23,24);1H. The van der Waals surface area contributed by atoms with Gasteiger partial charge in [-0.05, 0) is 36.5 Å². The molecule has 3 heterocycles. The molecule has 2 aromatic rings. The van der Waals surface area contributed by atoms with Crippen LogP contribution in [0.2, 0.25) is 0 Å². The van der Waals surface area contributed by atoms with Crippen LogP contribution in [0.1, 0.15) is 35.6 Å². The summed E-state index contributed by atoms with van der Waals surface area (Å²) in [6.07, 6.45) is 4.30. The van der Waals surface area contributed by atoms with Gasteiger partial charge in [0.05, 0.1) is 6.54 Å². The van der Waals surface area contributed by atoms with E-state index in [1.165, 1.54) is 23.2 Å². The van der Waals surface area contributed by atoms with Crippen molar-refractivity contribution < 1.29 is 4.74 Å². The van der Waals surface area contributed by atoms with Crippen molar-refractivity contribution in [2.75, 3.05) is 32.6 Å². The fourth-order valence-electron chi connectivity index (χ4n) is 4.19. The van der Waals surface area contributed by atoms with Crippen LogP contribution in [0, 0.1) is 0 Å².